The first-order chi connectivity index (χ1) is 13.0. The summed E-state index contributed by atoms with van der Waals surface area (Å²) in [4.78, 5) is 24.8. The fraction of sp³-hybridized carbons (Fsp3) is 0.350. The molecule has 1 heterocycles. The van der Waals surface area contributed by atoms with Crippen LogP contribution in [0.1, 0.15) is 28.8 Å². The molecular weight excluding hydrogens is 349 g/mol. The first-order valence-electron chi connectivity index (χ1n) is 9.01. The van der Waals surface area contributed by atoms with Crippen LogP contribution in [0.2, 0.25) is 0 Å². The molecule has 1 aliphatic heterocycles. The van der Waals surface area contributed by atoms with E-state index in [0.717, 1.165) is 38.0 Å². The fourth-order valence-corrected chi connectivity index (χ4v) is 3.30. The van der Waals surface area contributed by atoms with E-state index in [0.29, 0.717) is 18.0 Å². The van der Waals surface area contributed by atoms with E-state index in [2.05, 4.69) is 10.2 Å². The Morgan fingerprint density at radius 2 is 1.89 bits per heavy atom. The van der Waals surface area contributed by atoms with E-state index in [4.69, 9.17) is 0 Å². The molecule has 1 fully saturated rings. The Kier molecular flexibility index (Phi) is 6.13. The van der Waals surface area contributed by atoms with Crippen LogP contribution in [-0.4, -0.2) is 35.4 Å². The number of halogens is 1. The van der Waals surface area contributed by atoms with Gasteiger partial charge >= 0.3 is 0 Å². The number of nitrogens with one attached hydrogen (secondary N) is 1. The highest BCUT2D eigenvalue weighted by atomic mass is 19.1. The van der Waals surface area contributed by atoms with Gasteiger partial charge in [0.2, 0.25) is 0 Å². The standard InChI is InChI=1S/C20H22FN3O3/c21-18-6-4-16(5-7-18)14-23-10-8-15(9-11-23)13-22-20(25)17-2-1-3-19(12-17)24(26)27/h1-7,12,15H,8-11,13-14H2,(H,22,25). The van der Waals surface area contributed by atoms with E-state index in [-0.39, 0.29) is 17.4 Å². The molecule has 0 aliphatic carbocycles. The van der Waals surface area contributed by atoms with Crippen LogP contribution in [0.3, 0.4) is 0 Å². The number of hydrogen-bond acceptors (Lipinski definition) is 4. The van der Waals surface area contributed by atoms with Crippen molar-refractivity contribution in [3.05, 3.63) is 75.6 Å². The number of nitrogens with zero attached hydrogens (tertiary/aromatic N) is 2. The average Bonchev–Trinajstić information content (AvgIpc) is 2.69. The van der Waals surface area contributed by atoms with E-state index in [1.54, 1.807) is 18.2 Å². The van der Waals surface area contributed by atoms with Gasteiger partial charge in [0.15, 0.2) is 0 Å². The van der Waals surface area contributed by atoms with Gasteiger partial charge in [0.05, 0.1) is 4.92 Å². The lowest BCUT2D eigenvalue weighted by Gasteiger charge is -2.32. The van der Waals surface area contributed by atoms with Crippen molar-refractivity contribution in [1.29, 1.82) is 0 Å². The molecule has 0 radical (unpaired) electrons. The van der Waals surface area contributed by atoms with Crippen LogP contribution in [-0.2, 0) is 6.54 Å². The molecule has 1 amide bonds. The van der Waals surface area contributed by atoms with Crippen molar-refractivity contribution in [2.24, 2.45) is 5.92 Å². The highest BCUT2D eigenvalue weighted by Gasteiger charge is 2.20. The smallest absolute Gasteiger partial charge is 0.270 e. The number of rotatable bonds is 6. The van der Waals surface area contributed by atoms with Crippen molar-refractivity contribution < 1.29 is 14.1 Å². The summed E-state index contributed by atoms with van der Waals surface area (Å²) in [6, 6.07) is 12.3. The molecule has 142 valence electrons. The number of benzene rings is 2. The molecule has 0 unspecified atom stereocenters. The van der Waals surface area contributed by atoms with Crippen LogP contribution in [0.5, 0.6) is 0 Å². The number of piperidine rings is 1. The van der Waals surface area contributed by atoms with Crippen molar-refractivity contribution in [3.8, 4) is 0 Å². The third kappa shape index (κ3) is 5.34. The van der Waals surface area contributed by atoms with Crippen LogP contribution < -0.4 is 5.32 Å². The predicted octanol–water partition coefficient (Wildman–Crippen LogP) is 3.38. The third-order valence-electron chi connectivity index (χ3n) is 4.90. The molecule has 1 saturated heterocycles. The zero-order chi connectivity index (χ0) is 19.2. The summed E-state index contributed by atoms with van der Waals surface area (Å²) in [6.07, 6.45) is 1.94. The number of likely N-dealkylation sites (tertiary alicyclic amines) is 1. The minimum absolute atomic E-state index is 0.0863. The summed E-state index contributed by atoms with van der Waals surface area (Å²) < 4.78 is 13.0. The summed E-state index contributed by atoms with van der Waals surface area (Å²) in [5.41, 5.74) is 1.31. The minimum Gasteiger partial charge on any atom is -0.352 e. The summed E-state index contributed by atoms with van der Waals surface area (Å²) in [7, 11) is 0. The number of carbonyl (C=O) groups is 1. The highest BCUT2D eigenvalue weighted by molar-refractivity contribution is 5.94. The van der Waals surface area contributed by atoms with Gasteiger partial charge < -0.3 is 5.32 Å². The van der Waals surface area contributed by atoms with Crippen LogP contribution in [0.15, 0.2) is 48.5 Å². The third-order valence-corrected chi connectivity index (χ3v) is 4.90. The minimum atomic E-state index is -0.506. The number of carbonyl (C=O) groups excluding carboxylic acids is 1. The van der Waals surface area contributed by atoms with E-state index >= 15 is 0 Å². The summed E-state index contributed by atoms with van der Waals surface area (Å²) in [6.45, 7) is 3.21. The molecule has 0 bridgehead atoms. The predicted molar refractivity (Wildman–Crippen MR) is 99.8 cm³/mol. The maximum absolute atomic E-state index is 13.0. The first kappa shape index (κ1) is 19.0. The lowest BCUT2D eigenvalue weighted by Crippen LogP contribution is -2.38. The Balaban J connectivity index is 1.44. The molecule has 2 aromatic carbocycles. The van der Waals surface area contributed by atoms with E-state index in [1.807, 2.05) is 0 Å². The Hall–Kier alpha value is -2.80. The molecule has 0 spiro atoms. The molecule has 0 saturated carbocycles. The lowest BCUT2D eigenvalue weighted by atomic mass is 9.96. The van der Waals surface area contributed by atoms with Crippen LogP contribution in [0.4, 0.5) is 10.1 Å². The number of non-ortho nitro benzene ring substituents is 1. The van der Waals surface area contributed by atoms with Gasteiger partial charge in [-0.25, -0.2) is 4.39 Å². The second-order valence-corrected chi connectivity index (χ2v) is 6.86. The molecule has 0 aromatic heterocycles. The normalized spacial score (nSPS) is 15.4. The zero-order valence-corrected chi connectivity index (χ0v) is 14.9. The monoisotopic (exact) mass is 371 g/mol. The van der Waals surface area contributed by atoms with Crippen LogP contribution in [0.25, 0.3) is 0 Å². The molecule has 27 heavy (non-hydrogen) atoms. The highest BCUT2D eigenvalue weighted by Crippen LogP contribution is 2.19. The van der Waals surface area contributed by atoms with Crippen molar-refractivity contribution in [2.75, 3.05) is 19.6 Å². The Morgan fingerprint density at radius 1 is 1.19 bits per heavy atom. The molecule has 1 N–H and O–H groups in total. The lowest BCUT2D eigenvalue weighted by molar-refractivity contribution is -0.384. The number of hydrogen-bond donors (Lipinski definition) is 1. The van der Waals surface area contributed by atoms with Gasteiger partial charge in [0.1, 0.15) is 5.82 Å². The van der Waals surface area contributed by atoms with Crippen LogP contribution >= 0.6 is 0 Å². The topological polar surface area (TPSA) is 75.5 Å². The molecule has 3 rings (SSSR count). The number of nitro benzene ring substituents is 1. The van der Waals surface area contributed by atoms with E-state index in [9.17, 15) is 19.3 Å². The Morgan fingerprint density at radius 3 is 2.56 bits per heavy atom. The van der Waals surface area contributed by atoms with Gasteiger partial charge in [-0.1, -0.05) is 18.2 Å². The van der Waals surface area contributed by atoms with E-state index < -0.39 is 4.92 Å². The van der Waals surface area contributed by atoms with Crippen molar-refractivity contribution in [1.82, 2.24) is 10.2 Å². The van der Waals surface area contributed by atoms with Gasteiger partial charge in [0, 0.05) is 30.8 Å². The molecule has 1 aliphatic rings. The molecule has 7 heteroatoms. The molecular formula is C20H22FN3O3. The fourth-order valence-electron chi connectivity index (χ4n) is 3.30. The maximum Gasteiger partial charge on any atom is 0.270 e. The second kappa shape index (κ2) is 8.73. The van der Waals surface area contributed by atoms with Gasteiger partial charge in [-0.05, 0) is 55.6 Å². The first-order valence-corrected chi connectivity index (χ1v) is 9.01. The molecule has 6 nitrogen and oxygen atoms in total. The second-order valence-electron chi connectivity index (χ2n) is 6.86. The number of amides is 1. The van der Waals surface area contributed by atoms with Gasteiger partial charge in [0.25, 0.3) is 11.6 Å². The van der Waals surface area contributed by atoms with Crippen molar-refractivity contribution in [3.63, 3.8) is 0 Å². The largest absolute Gasteiger partial charge is 0.352 e. The zero-order valence-electron chi connectivity index (χ0n) is 14.9. The van der Waals surface area contributed by atoms with Crippen molar-refractivity contribution in [2.45, 2.75) is 19.4 Å². The van der Waals surface area contributed by atoms with Crippen molar-refractivity contribution >= 4 is 11.6 Å². The van der Waals surface area contributed by atoms with Crippen LogP contribution in [0, 0.1) is 21.8 Å². The van der Waals surface area contributed by atoms with E-state index in [1.165, 1.54) is 30.3 Å². The summed E-state index contributed by atoms with van der Waals surface area (Å²) in [5, 5.41) is 13.7. The quantitative estimate of drug-likeness (QED) is 0.624. The summed E-state index contributed by atoms with van der Waals surface area (Å²) >= 11 is 0. The Bertz CT molecular complexity index is 802. The SMILES string of the molecule is O=C(NCC1CCN(Cc2ccc(F)cc2)CC1)c1cccc([N+](=O)[O-])c1. The van der Waals surface area contributed by atoms with Gasteiger partial charge in [-0.15, -0.1) is 0 Å². The maximum atomic E-state index is 13.0. The van der Waals surface area contributed by atoms with Gasteiger partial charge in [-0.2, -0.15) is 0 Å². The molecule has 2 aromatic rings. The summed E-state index contributed by atoms with van der Waals surface area (Å²) in [5.74, 6) is -0.124. The van der Waals surface area contributed by atoms with Gasteiger partial charge in [-0.3, -0.25) is 19.8 Å². The number of nitro groups is 1. The molecule has 0 atom stereocenters. The Labute approximate surface area is 157 Å². The average molecular weight is 371 g/mol.